The Morgan fingerprint density at radius 1 is 1.53 bits per heavy atom. The summed E-state index contributed by atoms with van der Waals surface area (Å²) in [7, 11) is 1.70. The zero-order valence-electron chi connectivity index (χ0n) is 11.0. The maximum Gasteiger partial charge on any atom is 0.233 e. The van der Waals surface area contributed by atoms with Gasteiger partial charge in [0.2, 0.25) is 5.91 Å². The summed E-state index contributed by atoms with van der Waals surface area (Å²) in [5, 5.41) is 11.6. The lowest BCUT2D eigenvalue weighted by Crippen LogP contribution is -2.39. The summed E-state index contributed by atoms with van der Waals surface area (Å²) in [6.07, 6.45) is 0.495. The summed E-state index contributed by atoms with van der Waals surface area (Å²) in [4.78, 5) is 13.8. The predicted molar refractivity (Wildman–Crippen MR) is 77.8 cm³/mol. The molecule has 0 saturated heterocycles. The van der Waals surface area contributed by atoms with Crippen molar-refractivity contribution in [3.05, 3.63) is 34.3 Å². The van der Waals surface area contributed by atoms with Crippen LogP contribution in [0.15, 0.2) is 33.9 Å². The van der Waals surface area contributed by atoms with Gasteiger partial charge in [-0.05, 0) is 18.1 Å². The highest BCUT2D eigenvalue weighted by Gasteiger charge is 2.24. The van der Waals surface area contributed by atoms with Gasteiger partial charge in [0.05, 0.1) is 5.92 Å². The quantitative estimate of drug-likeness (QED) is 0.376. The number of amides is 1. The van der Waals surface area contributed by atoms with Crippen molar-refractivity contribution in [2.24, 2.45) is 16.8 Å². The molecular weight excluding hydrogens is 310 g/mol. The number of amidine groups is 1. The van der Waals surface area contributed by atoms with Crippen LogP contribution in [-0.4, -0.2) is 28.9 Å². The van der Waals surface area contributed by atoms with Crippen molar-refractivity contribution in [1.29, 1.82) is 0 Å². The van der Waals surface area contributed by atoms with Crippen LogP contribution in [0.4, 0.5) is 0 Å². The molecule has 0 spiro atoms. The van der Waals surface area contributed by atoms with Crippen LogP contribution >= 0.6 is 15.9 Å². The van der Waals surface area contributed by atoms with Crippen LogP contribution in [0.3, 0.4) is 0 Å². The molecule has 0 aliphatic rings. The fourth-order valence-corrected chi connectivity index (χ4v) is 2.22. The zero-order chi connectivity index (χ0) is 14.4. The van der Waals surface area contributed by atoms with Crippen LogP contribution in [0.5, 0.6) is 0 Å². The van der Waals surface area contributed by atoms with Crippen molar-refractivity contribution in [3.8, 4) is 0 Å². The number of hydrogen-bond donors (Lipinski definition) is 2. The van der Waals surface area contributed by atoms with Crippen molar-refractivity contribution >= 4 is 27.7 Å². The van der Waals surface area contributed by atoms with Gasteiger partial charge in [0, 0.05) is 18.1 Å². The molecule has 0 radical (unpaired) electrons. The Hall–Kier alpha value is -1.56. The summed E-state index contributed by atoms with van der Waals surface area (Å²) in [5.74, 6) is -0.794. The first-order valence-corrected chi connectivity index (χ1v) is 6.76. The van der Waals surface area contributed by atoms with E-state index in [-0.39, 0.29) is 11.7 Å². The summed E-state index contributed by atoms with van der Waals surface area (Å²) in [5.41, 5.74) is 6.54. The third-order valence-corrected chi connectivity index (χ3v) is 3.69. The van der Waals surface area contributed by atoms with Gasteiger partial charge in [-0.2, -0.15) is 0 Å². The molecule has 5 nitrogen and oxygen atoms in total. The minimum absolute atomic E-state index is 0.0496. The highest BCUT2D eigenvalue weighted by Crippen LogP contribution is 2.18. The molecule has 3 N–H and O–H groups in total. The van der Waals surface area contributed by atoms with Crippen LogP contribution in [0, 0.1) is 5.92 Å². The topological polar surface area (TPSA) is 78.9 Å². The number of halogens is 1. The molecule has 1 aromatic rings. The number of hydrogen-bond acceptors (Lipinski definition) is 3. The van der Waals surface area contributed by atoms with Crippen LogP contribution in [-0.2, 0) is 11.3 Å². The van der Waals surface area contributed by atoms with Crippen molar-refractivity contribution < 1.29 is 10.0 Å². The van der Waals surface area contributed by atoms with Gasteiger partial charge in [-0.15, -0.1) is 0 Å². The summed E-state index contributed by atoms with van der Waals surface area (Å²) >= 11 is 3.44. The van der Waals surface area contributed by atoms with Gasteiger partial charge >= 0.3 is 0 Å². The maximum absolute atomic E-state index is 12.2. The fraction of sp³-hybridized carbons (Fsp3) is 0.385. The molecule has 0 heterocycles. The molecule has 0 fully saturated rings. The van der Waals surface area contributed by atoms with Crippen LogP contribution in [0.1, 0.15) is 18.9 Å². The smallest absolute Gasteiger partial charge is 0.233 e. The van der Waals surface area contributed by atoms with E-state index in [2.05, 4.69) is 21.1 Å². The lowest BCUT2D eigenvalue weighted by atomic mass is 10.0. The SMILES string of the molecule is CCC(C(=O)N(C)Cc1ccccc1Br)C(N)=NO. The van der Waals surface area contributed by atoms with Gasteiger partial charge in [0.25, 0.3) is 0 Å². The number of carbonyl (C=O) groups is 1. The van der Waals surface area contributed by atoms with E-state index < -0.39 is 5.92 Å². The Morgan fingerprint density at radius 2 is 2.16 bits per heavy atom. The third-order valence-electron chi connectivity index (χ3n) is 2.92. The highest BCUT2D eigenvalue weighted by atomic mass is 79.9. The largest absolute Gasteiger partial charge is 0.409 e. The number of benzene rings is 1. The molecule has 6 heteroatoms. The molecule has 0 aromatic heterocycles. The second-order valence-corrected chi connectivity index (χ2v) is 5.13. The fourth-order valence-electron chi connectivity index (χ4n) is 1.81. The molecule has 1 amide bonds. The van der Waals surface area contributed by atoms with Crippen molar-refractivity contribution in [2.75, 3.05) is 7.05 Å². The lowest BCUT2D eigenvalue weighted by molar-refractivity contribution is -0.132. The van der Waals surface area contributed by atoms with E-state index in [1.165, 1.54) is 0 Å². The molecule has 104 valence electrons. The number of carbonyl (C=O) groups excluding carboxylic acids is 1. The van der Waals surface area contributed by atoms with Crippen LogP contribution in [0.25, 0.3) is 0 Å². The monoisotopic (exact) mass is 327 g/mol. The number of rotatable bonds is 5. The third kappa shape index (κ3) is 3.96. The molecule has 19 heavy (non-hydrogen) atoms. The Morgan fingerprint density at radius 3 is 2.68 bits per heavy atom. The zero-order valence-corrected chi connectivity index (χ0v) is 12.6. The van der Waals surface area contributed by atoms with Crippen LogP contribution in [0.2, 0.25) is 0 Å². The second-order valence-electron chi connectivity index (χ2n) is 4.27. The molecule has 1 unspecified atom stereocenters. The lowest BCUT2D eigenvalue weighted by Gasteiger charge is -2.22. The van der Waals surface area contributed by atoms with Crippen LogP contribution < -0.4 is 5.73 Å². The van der Waals surface area contributed by atoms with E-state index in [4.69, 9.17) is 10.9 Å². The molecule has 0 aliphatic carbocycles. The second kappa shape index (κ2) is 7.13. The standard InChI is InChI=1S/C13H18BrN3O2/c1-3-10(12(15)16-19)13(18)17(2)8-9-6-4-5-7-11(9)14/h4-7,10,19H,3,8H2,1-2H3,(H2,15,16). The van der Waals surface area contributed by atoms with E-state index in [1.807, 2.05) is 31.2 Å². The predicted octanol–water partition coefficient (Wildman–Crippen LogP) is 2.18. The van der Waals surface area contributed by atoms with E-state index in [0.29, 0.717) is 13.0 Å². The average Bonchev–Trinajstić information content (AvgIpc) is 2.41. The molecule has 0 bridgehead atoms. The Labute approximate surface area is 121 Å². The number of nitrogens with two attached hydrogens (primary N) is 1. The van der Waals surface area contributed by atoms with E-state index >= 15 is 0 Å². The van der Waals surface area contributed by atoms with E-state index in [1.54, 1.807) is 11.9 Å². The van der Waals surface area contributed by atoms with Gasteiger partial charge in [-0.25, -0.2) is 0 Å². The van der Waals surface area contributed by atoms with E-state index in [0.717, 1.165) is 10.0 Å². The van der Waals surface area contributed by atoms with Crippen molar-refractivity contribution in [1.82, 2.24) is 4.90 Å². The normalized spacial score (nSPS) is 13.1. The van der Waals surface area contributed by atoms with Gasteiger partial charge in [0.1, 0.15) is 0 Å². The summed E-state index contributed by atoms with van der Waals surface area (Å²) in [6, 6.07) is 7.70. The molecule has 1 aromatic carbocycles. The number of nitrogens with zero attached hydrogens (tertiary/aromatic N) is 2. The van der Waals surface area contributed by atoms with Gasteiger partial charge in [-0.1, -0.05) is 46.2 Å². The molecule has 0 saturated carbocycles. The first kappa shape index (κ1) is 15.5. The minimum atomic E-state index is -0.586. The first-order chi connectivity index (χ1) is 9.01. The summed E-state index contributed by atoms with van der Waals surface area (Å²) in [6.45, 7) is 2.29. The van der Waals surface area contributed by atoms with Gasteiger partial charge in [-0.3, -0.25) is 4.79 Å². The maximum atomic E-state index is 12.2. The van der Waals surface area contributed by atoms with Crippen molar-refractivity contribution in [2.45, 2.75) is 19.9 Å². The number of oxime groups is 1. The minimum Gasteiger partial charge on any atom is -0.409 e. The Balaban J connectivity index is 2.80. The molecule has 1 atom stereocenters. The average molecular weight is 328 g/mol. The molecule has 0 aliphatic heterocycles. The molecular formula is C13H18BrN3O2. The van der Waals surface area contributed by atoms with Gasteiger partial charge < -0.3 is 15.8 Å². The Bertz CT molecular complexity index is 477. The first-order valence-electron chi connectivity index (χ1n) is 5.97. The molecule has 1 rings (SSSR count). The van der Waals surface area contributed by atoms with Gasteiger partial charge in [0.15, 0.2) is 5.84 Å². The Kier molecular flexibility index (Phi) is 5.82. The highest BCUT2D eigenvalue weighted by molar-refractivity contribution is 9.10. The van der Waals surface area contributed by atoms with E-state index in [9.17, 15) is 4.79 Å². The summed E-state index contributed by atoms with van der Waals surface area (Å²) < 4.78 is 0.950. The van der Waals surface area contributed by atoms with Crippen molar-refractivity contribution in [3.63, 3.8) is 0 Å².